The van der Waals surface area contributed by atoms with Gasteiger partial charge in [-0.1, -0.05) is 218 Å². The molecule has 0 saturated carbocycles. The molecule has 0 fully saturated rings. The van der Waals surface area contributed by atoms with E-state index in [4.69, 9.17) is 9.05 Å². The molecule has 0 aliphatic heterocycles. The van der Waals surface area contributed by atoms with Crippen LogP contribution in [0.4, 0.5) is 0 Å². The molecule has 3 unspecified atom stereocenters. The number of allylic oxidation sites excluding steroid dienone is 3. The third-order valence-electron chi connectivity index (χ3n) is 11.7. The lowest BCUT2D eigenvalue weighted by molar-refractivity contribution is -0.870. The van der Waals surface area contributed by atoms with Crippen LogP contribution in [-0.4, -0.2) is 68.5 Å². The number of unbranched alkanes of at least 4 members (excludes halogenated alkanes) is 32. The molecule has 0 heterocycles. The molecule has 9 heteroatoms. The largest absolute Gasteiger partial charge is 0.756 e. The summed E-state index contributed by atoms with van der Waals surface area (Å²) in [5.74, 6) is -0.196. The van der Waals surface area contributed by atoms with Crippen LogP contribution in [0.15, 0.2) is 24.3 Å². The molecule has 0 aromatic carbocycles. The zero-order chi connectivity index (χ0) is 44.3. The lowest BCUT2D eigenvalue weighted by Crippen LogP contribution is -2.45. The van der Waals surface area contributed by atoms with Crippen molar-refractivity contribution in [3.05, 3.63) is 24.3 Å². The number of nitrogens with zero attached hydrogens (tertiary/aromatic N) is 1. The summed E-state index contributed by atoms with van der Waals surface area (Å²) in [6.45, 7) is 4.66. The van der Waals surface area contributed by atoms with Gasteiger partial charge in [-0.25, -0.2) is 0 Å². The van der Waals surface area contributed by atoms with Gasteiger partial charge >= 0.3 is 0 Å². The Bertz CT molecular complexity index is 1030. The van der Waals surface area contributed by atoms with Gasteiger partial charge in [0.25, 0.3) is 7.82 Å². The minimum atomic E-state index is -4.59. The normalized spacial score (nSPS) is 14.3. The molecule has 356 valence electrons. The minimum absolute atomic E-state index is 0.000621. The maximum absolute atomic E-state index is 12.9. The van der Waals surface area contributed by atoms with Gasteiger partial charge in [-0.2, -0.15) is 0 Å². The second kappa shape index (κ2) is 43.2. The molecule has 60 heavy (non-hydrogen) atoms. The molecule has 0 bridgehead atoms. The lowest BCUT2D eigenvalue weighted by Gasteiger charge is -2.29. The van der Waals surface area contributed by atoms with Gasteiger partial charge in [-0.3, -0.25) is 9.36 Å². The van der Waals surface area contributed by atoms with Crippen molar-refractivity contribution in [3.63, 3.8) is 0 Å². The monoisotopic (exact) mass is 869 g/mol. The van der Waals surface area contributed by atoms with Crippen LogP contribution >= 0.6 is 7.82 Å². The average Bonchev–Trinajstić information content (AvgIpc) is 3.20. The Morgan fingerprint density at radius 1 is 0.567 bits per heavy atom. The van der Waals surface area contributed by atoms with Gasteiger partial charge in [0.15, 0.2) is 0 Å². The Kier molecular flexibility index (Phi) is 42.5. The Hall–Kier alpha value is -1.02. The van der Waals surface area contributed by atoms with E-state index in [1.54, 1.807) is 6.08 Å². The van der Waals surface area contributed by atoms with Crippen LogP contribution in [0.25, 0.3) is 0 Å². The van der Waals surface area contributed by atoms with Gasteiger partial charge < -0.3 is 28.8 Å². The van der Waals surface area contributed by atoms with Crippen LogP contribution in [0.5, 0.6) is 0 Å². The number of hydrogen-bond donors (Lipinski definition) is 2. The zero-order valence-electron chi connectivity index (χ0n) is 40.4. The van der Waals surface area contributed by atoms with E-state index in [9.17, 15) is 19.4 Å². The fraction of sp³-hybridized carbons (Fsp3) is 0.902. The summed E-state index contributed by atoms with van der Waals surface area (Å²) in [6, 6.07) is -0.883. The summed E-state index contributed by atoms with van der Waals surface area (Å²) in [6.07, 6.45) is 52.4. The lowest BCUT2D eigenvalue weighted by atomic mass is 10.0. The first-order chi connectivity index (χ1) is 29.0. The number of aliphatic hydroxyl groups excluding tert-OH is 1. The number of carbonyl (C=O) groups is 1. The first-order valence-electron chi connectivity index (χ1n) is 25.7. The molecule has 0 spiro atoms. The number of hydrogen-bond acceptors (Lipinski definition) is 6. The Morgan fingerprint density at radius 3 is 1.30 bits per heavy atom. The van der Waals surface area contributed by atoms with Crippen LogP contribution in [0.3, 0.4) is 0 Å². The van der Waals surface area contributed by atoms with E-state index in [-0.39, 0.29) is 19.1 Å². The predicted molar refractivity (Wildman–Crippen MR) is 256 cm³/mol. The molecule has 0 saturated heterocycles. The van der Waals surface area contributed by atoms with Gasteiger partial charge in [0.2, 0.25) is 5.91 Å². The molecule has 2 N–H and O–H groups in total. The topological polar surface area (TPSA) is 108 Å². The van der Waals surface area contributed by atoms with Crippen molar-refractivity contribution in [2.45, 2.75) is 257 Å². The van der Waals surface area contributed by atoms with Crippen molar-refractivity contribution in [1.82, 2.24) is 5.32 Å². The molecule has 0 radical (unpaired) electrons. The van der Waals surface area contributed by atoms with E-state index >= 15 is 0 Å². The zero-order valence-corrected chi connectivity index (χ0v) is 41.3. The number of carbonyl (C=O) groups excluding carboxylic acids is 1. The summed E-state index contributed by atoms with van der Waals surface area (Å²) < 4.78 is 23.2. The number of phosphoric ester groups is 1. The summed E-state index contributed by atoms with van der Waals surface area (Å²) in [7, 11) is 1.27. The van der Waals surface area contributed by atoms with Gasteiger partial charge in [0, 0.05) is 6.42 Å². The summed E-state index contributed by atoms with van der Waals surface area (Å²) >= 11 is 0. The quantitative estimate of drug-likeness (QED) is 0.0273. The molecule has 0 aliphatic carbocycles. The number of phosphoric acid groups is 1. The summed E-state index contributed by atoms with van der Waals surface area (Å²) in [4.78, 5) is 25.4. The van der Waals surface area contributed by atoms with Crippen molar-refractivity contribution < 1.29 is 32.9 Å². The summed E-state index contributed by atoms with van der Waals surface area (Å²) in [5.41, 5.74) is 0. The van der Waals surface area contributed by atoms with E-state index in [1.165, 1.54) is 186 Å². The predicted octanol–water partition coefficient (Wildman–Crippen LogP) is 14.2. The molecule has 0 aromatic rings. The van der Waals surface area contributed by atoms with E-state index in [1.807, 2.05) is 27.2 Å². The van der Waals surface area contributed by atoms with Crippen LogP contribution in [0.1, 0.15) is 245 Å². The van der Waals surface area contributed by atoms with Gasteiger partial charge in [-0.05, 0) is 44.9 Å². The highest BCUT2D eigenvalue weighted by Gasteiger charge is 2.23. The van der Waals surface area contributed by atoms with Gasteiger partial charge in [-0.15, -0.1) is 0 Å². The Morgan fingerprint density at radius 2 is 0.917 bits per heavy atom. The van der Waals surface area contributed by atoms with E-state index in [2.05, 4.69) is 31.3 Å². The molecule has 8 nitrogen and oxygen atoms in total. The third-order valence-corrected chi connectivity index (χ3v) is 12.6. The SMILES string of the molecule is CCCCCCCCCC/C=C\CCCCCCCCCCCCCCCC(=O)NC(COP(=O)([O-])OCC[N+](C)(C)C)C(O)/C=C/CCCCCCCCCCCCC. The first kappa shape index (κ1) is 59.0. The molecule has 0 rings (SSSR count). The maximum atomic E-state index is 12.9. The molecular formula is C51H101N2O6P. The number of rotatable bonds is 47. The minimum Gasteiger partial charge on any atom is -0.756 e. The number of likely N-dealkylation sites (N-methyl/N-ethyl adjacent to an activating group) is 1. The van der Waals surface area contributed by atoms with E-state index in [0.29, 0.717) is 17.4 Å². The van der Waals surface area contributed by atoms with Crippen molar-refractivity contribution in [1.29, 1.82) is 0 Å². The highest BCUT2D eigenvalue weighted by Crippen LogP contribution is 2.38. The third kappa shape index (κ3) is 45.0. The van der Waals surface area contributed by atoms with Crippen molar-refractivity contribution in [2.75, 3.05) is 40.9 Å². The number of nitrogens with one attached hydrogen (secondary N) is 1. The molecule has 3 atom stereocenters. The Balaban J connectivity index is 4.18. The van der Waals surface area contributed by atoms with Crippen LogP contribution in [0, 0.1) is 0 Å². The van der Waals surface area contributed by atoms with Crippen LogP contribution in [0.2, 0.25) is 0 Å². The highest BCUT2D eigenvalue weighted by atomic mass is 31.2. The molecule has 0 aromatic heterocycles. The molecular weight excluding hydrogens is 768 g/mol. The van der Waals surface area contributed by atoms with Crippen LogP contribution in [-0.2, 0) is 18.4 Å². The van der Waals surface area contributed by atoms with Crippen molar-refractivity contribution in [2.24, 2.45) is 0 Å². The van der Waals surface area contributed by atoms with Gasteiger partial charge in [0.1, 0.15) is 13.2 Å². The van der Waals surface area contributed by atoms with Gasteiger partial charge in [0.05, 0.1) is 39.9 Å². The van der Waals surface area contributed by atoms with E-state index in [0.717, 1.165) is 38.5 Å². The maximum Gasteiger partial charge on any atom is 0.268 e. The number of quaternary nitrogens is 1. The standard InChI is InChI=1S/C51H101N2O6P/c1-6-8-10-12-14-16-18-20-21-22-23-24-25-26-27-28-29-30-31-33-35-37-39-41-43-45-51(55)52-49(48-59-60(56,57)58-47-46-53(3,4)5)50(54)44-42-40-38-36-34-32-19-17-15-13-11-9-7-2/h22-23,42,44,49-50,54H,6-21,24-41,43,45-48H2,1-5H3,(H-,52,55,56,57)/b23-22-,44-42+. The average molecular weight is 869 g/mol. The fourth-order valence-electron chi connectivity index (χ4n) is 7.56. The molecule has 0 aliphatic rings. The van der Waals surface area contributed by atoms with Crippen molar-refractivity contribution >= 4 is 13.7 Å². The Labute approximate surface area is 373 Å². The van der Waals surface area contributed by atoms with Crippen LogP contribution < -0.4 is 10.2 Å². The second-order valence-corrected chi connectivity index (χ2v) is 20.3. The smallest absolute Gasteiger partial charge is 0.268 e. The number of amides is 1. The summed E-state index contributed by atoms with van der Waals surface area (Å²) in [5, 5.41) is 13.8. The number of aliphatic hydroxyl groups is 1. The fourth-order valence-corrected chi connectivity index (χ4v) is 8.28. The molecule has 1 amide bonds. The first-order valence-corrected chi connectivity index (χ1v) is 27.2. The highest BCUT2D eigenvalue weighted by molar-refractivity contribution is 7.45. The van der Waals surface area contributed by atoms with Crippen molar-refractivity contribution in [3.8, 4) is 0 Å². The second-order valence-electron chi connectivity index (χ2n) is 18.9. The van der Waals surface area contributed by atoms with E-state index < -0.39 is 20.0 Å².